The van der Waals surface area contributed by atoms with Crippen LogP contribution >= 0.6 is 0 Å². The van der Waals surface area contributed by atoms with Crippen LogP contribution in [0, 0.1) is 29.1 Å². The van der Waals surface area contributed by atoms with Crippen molar-refractivity contribution >= 4 is 5.91 Å². The van der Waals surface area contributed by atoms with Gasteiger partial charge in [-0.25, -0.2) is 0 Å². The average Bonchev–Trinajstić information content (AvgIpc) is 2.19. The van der Waals surface area contributed by atoms with E-state index < -0.39 is 0 Å². The SMILES string of the molecule is CC(C)C(=O)NC1CC2CC(C1C)C2(C)C. The van der Waals surface area contributed by atoms with E-state index in [0.717, 1.165) is 11.8 Å². The maximum absolute atomic E-state index is 11.7. The quantitative estimate of drug-likeness (QED) is 0.766. The topological polar surface area (TPSA) is 29.1 Å². The summed E-state index contributed by atoms with van der Waals surface area (Å²) in [6.45, 7) is 11.0. The molecule has 0 aromatic rings. The molecule has 3 aliphatic carbocycles. The molecule has 4 atom stereocenters. The molecule has 0 aromatic heterocycles. The molecule has 3 saturated carbocycles. The Morgan fingerprint density at radius 1 is 1.31 bits per heavy atom. The summed E-state index contributed by atoms with van der Waals surface area (Å²) in [4.78, 5) is 11.7. The third kappa shape index (κ3) is 1.66. The van der Waals surface area contributed by atoms with Crippen LogP contribution in [0.1, 0.15) is 47.5 Å². The van der Waals surface area contributed by atoms with E-state index >= 15 is 0 Å². The van der Waals surface area contributed by atoms with E-state index in [0.29, 0.717) is 17.4 Å². The molecule has 16 heavy (non-hydrogen) atoms. The van der Waals surface area contributed by atoms with Gasteiger partial charge < -0.3 is 5.32 Å². The van der Waals surface area contributed by atoms with Crippen LogP contribution in [0.5, 0.6) is 0 Å². The molecule has 2 nitrogen and oxygen atoms in total. The molecule has 0 aliphatic heterocycles. The molecule has 0 aromatic carbocycles. The molecular formula is C14H25NO. The highest BCUT2D eigenvalue weighted by molar-refractivity contribution is 5.78. The van der Waals surface area contributed by atoms with Gasteiger partial charge in [0.2, 0.25) is 5.91 Å². The predicted octanol–water partition coefficient (Wildman–Crippen LogP) is 2.83. The van der Waals surface area contributed by atoms with Gasteiger partial charge in [0.05, 0.1) is 0 Å². The van der Waals surface area contributed by atoms with Gasteiger partial charge >= 0.3 is 0 Å². The largest absolute Gasteiger partial charge is 0.353 e. The molecule has 92 valence electrons. The number of amides is 1. The molecule has 0 spiro atoms. The van der Waals surface area contributed by atoms with Gasteiger partial charge in [0.15, 0.2) is 0 Å². The summed E-state index contributed by atoms with van der Waals surface area (Å²) in [5.74, 6) is 2.60. The Bertz CT molecular complexity index is 295. The van der Waals surface area contributed by atoms with Crippen molar-refractivity contribution in [3.8, 4) is 0 Å². The molecule has 1 amide bonds. The Balaban J connectivity index is 1.98. The van der Waals surface area contributed by atoms with Crippen LogP contribution in [0.4, 0.5) is 0 Å². The van der Waals surface area contributed by atoms with Gasteiger partial charge in [0.1, 0.15) is 0 Å². The summed E-state index contributed by atoms with van der Waals surface area (Å²) in [6.07, 6.45) is 2.56. The van der Waals surface area contributed by atoms with E-state index in [1.165, 1.54) is 12.8 Å². The minimum absolute atomic E-state index is 0.110. The minimum Gasteiger partial charge on any atom is -0.353 e. The fourth-order valence-electron chi connectivity index (χ4n) is 3.69. The zero-order valence-corrected chi connectivity index (χ0v) is 11.2. The van der Waals surface area contributed by atoms with Crippen molar-refractivity contribution in [2.24, 2.45) is 29.1 Å². The Morgan fingerprint density at radius 3 is 2.38 bits per heavy atom. The van der Waals surface area contributed by atoms with E-state index in [1.54, 1.807) is 0 Å². The summed E-state index contributed by atoms with van der Waals surface area (Å²) in [6, 6.07) is 0.423. The second kappa shape index (κ2) is 3.75. The first-order valence-corrected chi connectivity index (χ1v) is 6.64. The highest BCUT2D eigenvalue weighted by Gasteiger charge is 2.56. The summed E-state index contributed by atoms with van der Waals surface area (Å²) >= 11 is 0. The second-order valence-corrected chi connectivity index (χ2v) is 6.73. The summed E-state index contributed by atoms with van der Waals surface area (Å²) in [7, 11) is 0. The second-order valence-electron chi connectivity index (χ2n) is 6.73. The van der Waals surface area contributed by atoms with E-state index in [9.17, 15) is 4.79 Å². The molecule has 3 aliphatic rings. The Kier molecular flexibility index (Phi) is 2.80. The van der Waals surface area contributed by atoms with Crippen molar-refractivity contribution in [1.82, 2.24) is 5.32 Å². The van der Waals surface area contributed by atoms with Gasteiger partial charge in [-0.15, -0.1) is 0 Å². The highest BCUT2D eigenvalue weighted by atomic mass is 16.1. The molecule has 0 radical (unpaired) electrons. The molecule has 3 rings (SSSR count). The Hall–Kier alpha value is -0.530. The number of rotatable bonds is 2. The van der Waals surface area contributed by atoms with E-state index in [1.807, 2.05) is 13.8 Å². The number of hydrogen-bond acceptors (Lipinski definition) is 1. The third-order valence-electron chi connectivity index (χ3n) is 5.21. The first kappa shape index (κ1) is 11.9. The highest BCUT2D eigenvalue weighted by Crippen LogP contribution is 2.61. The first-order valence-electron chi connectivity index (χ1n) is 6.64. The monoisotopic (exact) mass is 223 g/mol. The molecule has 1 N–H and O–H groups in total. The molecule has 2 heteroatoms. The van der Waals surface area contributed by atoms with Crippen LogP contribution in [-0.2, 0) is 4.79 Å². The van der Waals surface area contributed by atoms with Gasteiger partial charge in [0.25, 0.3) is 0 Å². The number of hydrogen-bond donors (Lipinski definition) is 1. The summed E-state index contributed by atoms with van der Waals surface area (Å²) in [5.41, 5.74) is 0.512. The third-order valence-corrected chi connectivity index (χ3v) is 5.21. The van der Waals surface area contributed by atoms with Crippen molar-refractivity contribution < 1.29 is 4.79 Å². The van der Waals surface area contributed by atoms with Gasteiger partial charge in [0, 0.05) is 12.0 Å². The van der Waals surface area contributed by atoms with Crippen molar-refractivity contribution in [1.29, 1.82) is 0 Å². The number of nitrogens with one attached hydrogen (secondary N) is 1. The zero-order chi connectivity index (χ0) is 12.1. The van der Waals surface area contributed by atoms with Crippen LogP contribution < -0.4 is 5.32 Å². The minimum atomic E-state index is 0.110. The molecule has 0 heterocycles. The Labute approximate surface area is 99.2 Å². The van der Waals surface area contributed by atoms with Gasteiger partial charge in [-0.05, 0) is 36.0 Å². The lowest BCUT2D eigenvalue weighted by molar-refractivity contribution is -0.136. The lowest BCUT2D eigenvalue weighted by atomic mass is 9.45. The van der Waals surface area contributed by atoms with Crippen LogP contribution in [0.15, 0.2) is 0 Å². The maximum atomic E-state index is 11.7. The molecule has 2 bridgehead atoms. The predicted molar refractivity (Wildman–Crippen MR) is 65.9 cm³/mol. The smallest absolute Gasteiger partial charge is 0.222 e. The van der Waals surface area contributed by atoms with Crippen molar-refractivity contribution in [3.63, 3.8) is 0 Å². The van der Waals surface area contributed by atoms with Crippen LogP contribution in [0.25, 0.3) is 0 Å². The number of carbonyl (C=O) groups is 1. The Morgan fingerprint density at radius 2 is 1.94 bits per heavy atom. The summed E-state index contributed by atoms with van der Waals surface area (Å²) in [5, 5.41) is 3.23. The lowest BCUT2D eigenvalue weighted by Crippen LogP contribution is -2.60. The van der Waals surface area contributed by atoms with Crippen LogP contribution in [-0.4, -0.2) is 11.9 Å². The van der Waals surface area contributed by atoms with Gasteiger partial charge in [-0.3, -0.25) is 4.79 Å². The fourth-order valence-corrected chi connectivity index (χ4v) is 3.69. The molecule has 3 fully saturated rings. The van der Waals surface area contributed by atoms with Crippen molar-refractivity contribution in [2.75, 3.05) is 0 Å². The number of fused-ring (bicyclic) bond motifs is 2. The van der Waals surface area contributed by atoms with Gasteiger partial charge in [-0.1, -0.05) is 34.6 Å². The maximum Gasteiger partial charge on any atom is 0.222 e. The molecule has 4 unspecified atom stereocenters. The first-order chi connectivity index (χ1) is 7.34. The van der Waals surface area contributed by atoms with Crippen molar-refractivity contribution in [2.45, 2.75) is 53.5 Å². The van der Waals surface area contributed by atoms with Crippen molar-refractivity contribution in [3.05, 3.63) is 0 Å². The number of carbonyl (C=O) groups excluding carboxylic acids is 1. The van der Waals surface area contributed by atoms with Gasteiger partial charge in [-0.2, -0.15) is 0 Å². The van der Waals surface area contributed by atoms with E-state index in [4.69, 9.17) is 0 Å². The normalized spacial score (nSPS) is 40.4. The van der Waals surface area contributed by atoms with Crippen LogP contribution in [0.3, 0.4) is 0 Å². The van der Waals surface area contributed by atoms with Crippen LogP contribution in [0.2, 0.25) is 0 Å². The molecule has 0 saturated heterocycles. The fraction of sp³-hybridized carbons (Fsp3) is 0.929. The zero-order valence-electron chi connectivity index (χ0n) is 11.2. The average molecular weight is 223 g/mol. The van der Waals surface area contributed by atoms with E-state index in [2.05, 4.69) is 26.1 Å². The molecular weight excluding hydrogens is 198 g/mol. The lowest BCUT2D eigenvalue weighted by Gasteiger charge is -2.62. The van der Waals surface area contributed by atoms with E-state index in [-0.39, 0.29) is 11.8 Å². The standard InChI is InChI=1S/C14H25NO/c1-8(2)13(16)15-12-7-10-6-11(9(12)3)14(10,4)5/h8-12H,6-7H2,1-5H3,(H,15,16). The summed E-state index contributed by atoms with van der Waals surface area (Å²) < 4.78 is 0.